The average Bonchev–Trinajstić information content (AvgIpc) is 2.92. The maximum Gasteiger partial charge on any atom is 0.229 e. The molecule has 2 aromatic heterocycles. The molecular weight excluding hydrogens is 623 g/mol. The number of nitrogens with zero attached hydrogens (tertiary/aromatic N) is 4. The molecule has 4 N–H and O–H groups in total. The summed E-state index contributed by atoms with van der Waals surface area (Å²) in [7, 11) is -7.42. The van der Waals surface area contributed by atoms with Crippen molar-refractivity contribution < 1.29 is 16.8 Å². The predicted octanol–water partition coefficient (Wildman–Crippen LogP) is 6.23. The molecule has 0 atom stereocenters. The average molecular weight is 650 g/mol. The van der Waals surface area contributed by atoms with Gasteiger partial charge in [0.1, 0.15) is 10.0 Å². The van der Waals surface area contributed by atoms with Crippen LogP contribution in [0.5, 0.6) is 0 Å². The van der Waals surface area contributed by atoms with Crippen LogP contribution in [-0.2, 0) is 19.7 Å². The summed E-state index contributed by atoms with van der Waals surface area (Å²) in [6, 6.07) is 9.19. The highest BCUT2D eigenvalue weighted by Gasteiger charge is 2.26. The molecule has 0 unspecified atom stereocenters. The van der Waals surface area contributed by atoms with Gasteiger partial charge in [-0.15, -0.1) is 0 Å². The fraction of sp³-hybridized carbons (Fsp3) is 0.231. The highest BCUT2D eigenvalue weighted by Crippen LogP contribution is 2.36. The smallest absolute Gasteiger partial charge is 0.229 e. The molecule has 0 saturated heterocycles. The van der Waals surface area contributed by atoms with Crippen molar-refractivity contribution in [1.29, 1.82) is 0 Å². The summed E-state index contributed by atoms with van der Waals surface area (Å²) in [6.45, 7) is 6.36. The predicted molar refractivity (Wildman–Crippen MR) is 165 cm³/mol. The molecule has 12 nitrogen and oxygen atoms in total. The van der Waals surface area contributed by atoms with Gasteiger partial charge in [-0.25, -0.2) is 26.8 Å². The second-order valence-electron chi connectivity index (χ2n) is 9.89. The van der Waals surface area contributed by atoms with Gasteiger partial charge in [-0.05, 0) is 64.1 Å². The summed E-state index contributed by atoms with van der Waals surface area (Å²) in [5.74, 6) is 0.510. The molecule has 2 aromatic carbocycles. The molecule has 8 bridgehead atoms. The molecule has 5 rings (SSSR count). The van der Waals surface area contributed by atoms with Crippen LogP contribution in [0.1, 0.15) is 27.7 Å². The third-order valence-corrected chi connectivity index (χ3v) is 11.3. The van der Waals surface area contributed by atoms with Crippen LogP contribution in [0.2, 0.25) is 10.0 Å². The molecule has 0 radical (unpaired) electrons. The summed E-state index contributed by atoms with van der Waals surface area (Å²) in [6.07, 6.45) is 2.71. The van der Waals surface area contributed by atoms with Crippen molar-refractivity contribution in [3.63, 3.8) is 0 Å². The summed E-state index contributed by atoms with van der Waals surface area (Å²) in [5, 5.41) is 11.1. The minimum absolute atomic E-state index is 0.0416. The lowest BCUT2D eigenvalue weighted by molar-refractivity contribution is 0.586. The molecule has 1 aliphatic heterocycles. The number of rotatable bonds is 4. The molecule has 0 aliphatic carbocycles. The van der Waals surface area contributed by atoms with Crippen LogP contribution >= 0.6 is 23.2 Å². The van der Waals surface area contributed by atoms with E-state index in [1.807, 2.05) is 0 Å². The highest BCUT2D eigenvalue weighted by atomic mass is 35.5. The third kappa shape index (κ3) is 5.79. The van der Waals surface area contributed by atoms with Crippen molar-refractivity contribution in [3.8, 4) is 0 Å². The Labute approximate surface area is 253 Å². The van der Waals surface area contributed by atoms with Gasteiger partial charge in [0.2, 0.25) is 11.9 Å². The molecule has 3 heterocycles. The molecule has 16 heteroatoms. The number of aromatic nitrogens is 4. The van der Waals surface area contributed by atoms with Crippen LogP contribution in [0, 0.1) is 0 Å². The third-order valence-electron chi connectivity index (χ3n) is 6.32. The number of halogens is 2. The van der Waals surface area contributed by atoms with Crippen LogP contribution in [0.25, 0.3) is 0 Å². The Morgan fingerprint density at radius 1 is 0.619 bits per heavy atom. The first-order chi connectivity index (χ1) is 19.8. The van der Waals surface area contributed by atoms with E-state index in [1.54, 1.807) is 52.0 Å². The zero-order valence-electron chi connectivity index (χ0n) is 22.8. The van der Waals surface area contributed by atoms with Gasteiger partial charge in [0, 0.05) is 11.4 Å². The van der Waals surface area contributed by atoms with Crippen molar-refractivity contribution in [1.82, 2.24) is 19.9 Å². The summed E-state index contributed by atoms with van der Waals surface area (Å²) >= 11 is 12.8. The van der Waals surface area contributed by atoms with Crippen LogP contribution in [0.15, 0.2) is 58.6 Å². The minimum Gasteiger partial charge on any atom is -0.339 e. The minimum atomic E-state index is -3.71. The number of fused-ring (bicyclic) bond motifs is 8. The Bertz CT molecular complexity index is 1780. The molecule has 42 heavy (non-hydrogen) atoms. The molecular formula is C26H26Cl2N8O4S2. The fourth-order valence-corrected chi connectivity index (χ4v) is 6.60. The Hall–Kier alpha value is -3.72. The van der Waals surface area contributed by atoms with Crippen LogP contribution in [0.4, 0.5) is 46.3 Å². The maximum absolute atomic E-state index is 13.2. The number of benzene rings is 2. The maximum atomic E-state index is 13.2. The molecule has 0 amide bonds. The summed E-state index contributed by atoms with van der Waals surface area (Å²) in [4.78, 5) is 17.4. The molecule has 0 spiro atoms. The van der Waals surface area contributed by atoms with Crippen molar-refractivity contribution in [2.75, 3.05) is 21.3 Å². The molecule has 0 fully saturated rings. The monoisotopic (exact) mass is 648 g/mol. The molecule has 0 saturated carbocycles. The quantitative estimate of drug-likeness (QED) is 0.174. The van der Waals surface area contributed by atoms with Crippen molar-refractivity contribution in [3.05, 3.63) is 58.8 Å². The van der Waals surface area contributed by atoms with Gasteiger partial charge >= 0.3 is 0 Å². The van der Waals surface area contributed by atoms with Gasteiger partial charge < -0.3 is 21.3 Å². The van der Waals surface area contributed by atoms with Gasteiger partial charge in [-0.3, -0.25) is 0 Å². The standard InChI is InChI=1S/C26H26Cl2N8O4S2/c1-13(2)41(37,38)21-7-5-15-9-19(21)33-25-29-11-17(27)24(35-25)32-16-6-8-22(42(39,40)14(3)4)20(10-16)34-26-30-12-18(28)23(31-15)36-26/h5-14H,1-4H3,(H2,29,32,33,35)(H2,30,31,34,36). The molecule has 4 aromatic rings. The first-order valence-electron chi connectivity index (χ1n) is 12.6. The van der Waals surface area contributed by atoms with E-state index < -0.39 is 30.2 Å². The summed E-state index contributed by atoms with van der Waals surface area (Å²) in [5.41, 5.74) is 1.30. The van der Waals surface area contributed by atoms with E-state index in [1.165, 1.54) is 24.5 Å². The zero-order valence-corrected chi connectivity index (χ0v) is 25.9. The lowest BCUT2D eigenvalue weighted by atomic mass is 10.2. The first-order valence-corrected chi connectivity index (χ1v) is 16.5. The van der Waals surface area contributed by atoms with E-state index in [4.69, 9.17) is 23.2 Å². The van der Waals surface area contributed by atoms with Crippen LogP contribution in [0.3, 0.4) is 0 Å². The van der Waals surface area contributed by atoms with Gasteiger partial charge in [0.15, 0.2) is 31.3 Å². The highest BCUT2D eigenvalue weighted by molar-refractivity contribution is 7.92. The van der Waals surface area contributed by atoms with Crippen LogP contribution in [-0.4, -0.2) is 47.3 Å². The normalized spacial score (nSPS) is 13.1. The lowest BCUT2D eigenvalue weighted by Crippen LogP contribution is -2.16. The van der Waals surface area contributed by atoms with Crippen LogP contribution < -0.4 is 21.3 Å². The van der Waals surface area contributed by atoms with E-state index >= 15 is 0 Å². The van der Waals surface area contributed by atoms with Gasteiger partial charge in [-0.2, -0.15) is 9.97 Å². The fourth-order valence-electron chi connectivity index (χ4n) is 3.96. The number of hydrogen-bond acceptors (Lipinski definition) is 12. The Morgan fingerprint density at radius 3 is 1.36 bits per heavy atom. The van der Waals surface area contributed by atoms with E-state index in [2.05, 4.69) is 41.2 Å². The van der Waals surface area contributed by atoms with Crippen molar-refractivity contribution in [2.24, 2.45) is 0 Å². The Morgan fingerprint density at radius 2 is 1.00 bits per heavy atom. The van der Waals surface area contributed by atoms with E-state index in [9.17, 15) is 16.8 Å². The number of sulfone groups is 2. The van der Waals surface area contributed by atoms with Gasteiger partial charge in [-0.1, -0.05) is 23.2 Å². The topological polar surface area (TPSA) is 168 Å². The van der Waals surface area contributed by atoms with Gasteiger partial charge in [0.25, 0.3) is 0 Å². The zero-order chi connectivity index (χ0) is 30.4. The second kappa shape index (κ2) is 11.2. The van der Waals surface area contributed by atoms with E-state index in [0.29, 0.717) is 11.4 Å². The van der Waals surface area contributed by atoms with E-state index in [0.717, 1.165) is 0 Å². The second-order valence-corrected chi connectivity index (χ2v) is 15.6. The Kier molecular flexibility index (Phi) is 7.91. The number of hydrogen-bond donors (Lipinski definition) is 4. The summed E-state index contributed by atoms with van der Waals surface area (Å²) < 4.78 is 52.8. The number of anilines is 8. The SMILES string of the molecule is CC(C)S(=O)(=O)c1ccc2cc1Nc1ncc(Cl)c(n1)Nc1ccc(S(=O)(=O)C(C)C)c(c1)Nc1ncc(Cl)c(n1)N2. The van der Waals surface area contributed by atoms with Crippen molar-refractivity contribution in [2.45, 2.75) is 48.0 Å². The van der Waals surface area contributed by atoms with E-state index in [-0.39, 0.29) is 54.7 Å². The molecule has 1 aliphatic rings. The number of nitrogens with one attached hydrogen (secondary N) is 4. The lowest BCUT2D eigenvalue weighted by Gasteiger charge is -2.19. The molecule has 220 valence electrons. The first kappa shape index (κ1) is 29.8. The largest absolute Gasteiger partial charge is 0.339 e. The van der Waals surface area contributed by atoms with Crippen molar-refractivity contribution >= 4 is 89.2 Å². The van der Waals surface area contributed by atoms with Gasteiger partial charge in [0.05, 0.1) is 44.1 Å². The Balaban J connectivity index is 1.73.